The molecule has 154 valence electrons. The van der Waals surface area contributed by atoms with E-state index in [9.17, 15) is 19.7 Å². The number of hydrogen-bond donors (Lipinski definition) is 1. The number of para-hydroxylation sites is 2. The third-order valence-corrected chi connectivity index (χ3v) is 5.59. The minimum atomic E-state index is -0.621. The highest BCUT2D eigenvalue weighted by Gasteiger charge is 2.39. The lowest BCUT2D eigenvalue weighted by atomic mass is 9.85. The molecule has 1 N–H and O–H groups in total. The van der Waals surface area contributed by atoms with Crippen molar-refractivity contribution in [2.75, 3.05) is 10.2 Å². The number of ketones is 1. The Morgan fingerprint density at radius 2 is 1.90 bits per heavy atom. The van der Waals surface area contributed by atoms with Gasteiger partial charge in [-0.2, -0.15) is 0 Å². The molecule has 7 nitrogen and oxygen atoms in total. The van der Waals surface area contributed by atoms with Crippen molar-refractivity contribution in [2.45, 2.75) is 45.1 Å². The lowest BCUT2D eigenvalue weighted by molar-refractivity contribution is -0.384. The Bertz CT molecular complexity index is 1040. The molecule has 2 aromatic carbocycles. The number of Topliss-reactive ketones (excluding diaryl/α,β-unsaturated/α-hetero) is 1. The fourth-order valence-electron chi connectivity index (χ4n) is 4.24. The summed E-state index contributed by atoms with van der Waals surface area (Å²) >= 11 is 0. The van der Waals surface area contributed by atoms with Gasteiger partial charge in [0.1, 0.15) is 0 Å². The molecule has 1 aliphatic carbocycles. The smallest absolute Gasteiger partial charge is 0.269 e. The summed E-state index contributed by atoms with van der Waals surface area (Å²) in [5.74, 6) is -0.0727. The second kappa shape index (κ2) is 8.10. The molecule has 1 atom stereocenters. The number of allylic oxidation sites excluding steroid dienone is 1. The van der Waals surface area contributed by atoms with E-state index in [1.54, 1.807) is 17.0 Å². The molecule has 30 heavy (non-hydrogen) atoms. The maximum absolute atomic E-state index is 13.3. The van der Waals surface area contributed by atoms with Gasteiger partial charge in [-0.3, -0.25) is 24.6 Å². The number of rotatable bonds is 4. The van der Waals surface area contributed by atoms with Crippen molar-refractivity contribution in [1.82, 2.24) is 0 Å². The summed E-state index contributed by atoms with van der Waals surface area (Å²) in [5.41, 5.74) is 3.56. The molecule has 0 fully saturated rings. The number of carbonyl (C=O) groups is 2. The van der Waals surface area contributed by atoms with Gasteiger partial charge in [-0.05, 0) is 49.1 Å². The summed E-state index contributed by atoms with van der Waals surface area (Å²) in [6, 6.07) is 13.1. The van der Waals surface area contributed by atoms with Crippen LogP contribution in [0.2, 0.25) is 0 Å². The molecule has 0 bridgehead atoms. The second-order valence-corrected chi connectivity index (χ2v) is 7.58. The Morgan fingerprint density at radius 3 is 2.60 bits per heavy atom. The topological polar surface area (TPSA) is 92.6 Å². The van der Waals surface area contributed by atoms with E-state index >= 15 is 0 Å². The van der Waals surface area contributed by atoms with Crippen LogP contribution in [0.5, 0.6) is 0 Å². The lowest BCUT2D eigenvalue weighted by Gasteiger charge is -2.34. The fourth-order valence-corrected chi connectivity index (χ4v) is 4.24. The molecule has 0 saturated heterocycles. The summed E-state index contributed by atoms with van der Waals surface area (Å²) in [6.45, 7) is 1.94. The van der Waals surface area contributed by atoms with Gasteiger partial charge in [-0.1, -0.05) is 19.1 Å². The zero-order valence-corrected chi connectivity index (χ0v) is 16.8. The Hall–Kier alpha value is -3.48. The molecule has 0 radical (unpaired) electrons. The van der Waals surface area contributed by atoms with Crippen LogP contribution in [-0.4, -0.2) is 16.6 Å². The molecule has 7 heteroatoms. The summed E-state index contributed by atoms with van der Waals surface area (Å²) in [4.78, 5) is 38.7. The van der Waals surface area contributed by atoms with Crippen LogP contribution < -0.4 is 10.2 Å². The van der Waals surface area contributed by atoms with Crippen molar-refractivity contribution in [3.8, 4) is 0 Å². The van der Waals surface area contributed by atoms with Crippen molar-refractivity contribution in [1.29, 1.82) is 0 Å². The van der Waals surface area contributed by atoms with Gasteiger partial charge >= 0.3 is 0 Å². The Kier molecular flexibility index (Phi) is 5.35. The van der Waals surface area contributed by atoms with Gasteiger partial charge in [-0.15, -0.1) is 0 Å². The second-order valence-electron chi connectivity index (χ2n) is 7.58. The average molecular weight is 405 g/mol. The van der Waals surface area contributed by atoms with Crippen LogP contribution in [0.4, 0.5) is 17.1 Å². The van der Waals surface area contributed by atoms with Gasteiger partial charge in [0, 0.05) is 36.2 Å². The van der Waals surface area contributed by atoms with Crippen molar-refractivity contribution < 1.29 is 14.5 Å². The normalized spacial score (nSPS) is 18.2. The van der Waals surface area contributed by atoms with E-state index in [0.29, 0.717) is 42.5 Å². The molecule has 2 aliphatic rings. The maximum atomic E-state index is 13.3. The SMILES string of the molecule is CCCC(=O)N1c2ccccc2NC2=C(C(=O)CCC2)[C@@H]1c1ccc([N+](=O)[O-])cc1. The van der Waals surface area contributed by atoms with Crippen molar-refractivity contribution in [2.24, 2.45) is 0 Å². The maximum Gasteiger partial charge on any atom is 0.269 e. The van der Waals surface area contributed by atoms with Gasteiger partial charge < -0.3 is 5.32 Å². The number of fused-ring (bicyclic) bond motifs is 1. The van der Waals surface area contributed by atoms with Crippen LogP contribution in [0.25, 0.3) is 0 Å². The zero-order valence-electron chi connectivity index (χ0n) is 16.8. The number of hydrogen-bond acceptors (Lipinski definition) is 5. The largest absolute Gasteiger partial charge is 0.357 e. The van der Waals surface area contributed by atoms with Crippen molar-refractivity contribution in [3.05, 3.63) is 75.5 Å². The van der Waals surface area contributed by atoms with Gasteiger partial charge in [-0.25, -0.2) is 0 Å². The first-order valence-corrected chi connectivity index (χ1v) is 10.2. The van der Waals surface area contributed by atoms with Crippen LogP contribution in [-0.2, 0) is 9.59 Å². The van der Waals surface area contributed by atoms with Crippen molar-refractivity contribution >= 4 is 28.8 Å². The summed E-state index contributed by atoms with van der Waals surface area (Å²) < 4.78 is 0. The van der Waals surface area contributed by atoms with Crippen LogP contribution >= 0.6 is 0 Å². The van der Waals surface area contributed by atoms with Crippen LogP contribution in [0.15, 0.2) is 59.8 Å². The lowest BCUT2D eigenvalue weighted by Crippen LogP contribution is -2.37. The molecule has 0 aromatic heterocycles. The predicted octanol–water partition coefficient (Wildman–Crippen LogP) is 4.90. The number of nitro benzene ring substituents is 1. The molecule has 0 saturated carbocycles. The highest BCUT2D eigenvalue weighted by Crippen LogP contribution is 2.45. The summed E-state index contributed by atoms with van der Waals surface area (Å²) in [7, 11) is 0. The molecule has 2 aromatic rings. The van der Waals surface area contributed by atoms with E-state index in [-0.39, 0.29) is 17.4 Å². The predicted molar refractivity (Wildman–Crippen MR) is 114 cm³/mol. The molecule has 0 unspecified atom stereocenters. The fraction of sp³-hybridized carbons (Fsp3) is 0.304. The van der Waals surface area contributed by atoms with Crippen molar-refractivity contribution in [3.63, 3.8) is 0 Å². The van der Waals surface area contributed by atoms with Gasteiger partial charge in [0.2, 0.25) is 5.91 Å². The number of carbonyl (C=O) groups excluding carboxylic acids is 2. The Morgan fingerprint density at radius 1 is 1.17 bits per heavy atom. The number of amides is 1. The van der Waals surface area contributed by atoms with E-state index in [4.69, 9.17) is 0 Å². The molecule has 1 heterocycles. The van der Waals surface area contributed by atoms with Gasteiger partial charge in [0.15, 0.2) is 5.78 Å². The number of nitrogens with zero attached hydrogens (tertiary/aromatic N) is 2. The number of benzene rings is 2. The molecular weight excluding hydrogens is 382 g/mol. The molecule has 0 spiro atoms. The first-order valence-electron chi connectivity index (χ1n) is 10.2. The number of nitrogens with one attached hydrogen (secondary N) is 1. The van der Waals surface area contributed by atoms with Gasteiger partial charge in [0.25, 0.3) is 5.69 Å². The van der Waals surface area contributed by atoms with E-state index in [1.807, 2.05) is 31.2 Å². The summed E-state index contributed by atoms with van der Waals surface area (Å²) in [5, 5.41) is 14.5. The third kappa shape index (κ3) is 3.47. The standard InChI is InChI=1S/C23H23N3O4/c1-2-6-21(28)25-19-9-4-3-7-17(19)24-18-8-5-10-20(27)22(18)23(25)15-11-13-16(14-12-15)26(29)30/h3-4,7,9,11-14,23-24H,2,5-6,8,10H2,1H3/t23-/m0/s1. The van der Waals surface area contributed by atoms with Gasteiger partial charge in [0.05, 0.1) is 22.3 Å². The number of anilines is 2. The minimum absolute atomic E-state index is 0.00853. The van der Waals surface area contributed by atoms with Crippen LogP contribution in [0.1, 0.15) is 50.6 Å². The highest BCUT2D eigenvalue weighted by molar-refractivity contribution is 6.06. The highest BCUT2D eigenvalue weighted by atomic mass is 16.6. The molecule has 1 amide bonds. The average Bonchev–Trinajstić information content (AvgIpc) is 2.89. The first kappa shape index (κ1) is 19.8. The summed E-state index contributed by atoms with van der Waals surface area (Å²) in [6.07, 6.45) is 2.92. The van der Waals surface area contributed by atoms with E-state index in [2.05, 4.69) is 5.32 Å². The number of non-ortho nitro benzene ring substituents is 1. The monoisotopic (exact) mass is 405 g/mol. The number of nitro groups is 1. The minimum Gasteiger partial charge on any atom is -0.357 e. The third-order valence-electron chi connectivity index (χ3n) is 5.59. The Balaban J connectivity index is 1.95. The molecule has 4 rings (SSSR count). The molecular formula is C23H23N3O4. The van der Waals surface area contributed by atoms with E-state index in [0.717, 1.165) is 17.8 Å². The quantitative estimate of drug-likeness (QED) is 0.577. The van der Waals surface area contributed by atoms with Crippen LogP contribution in [0, 0.1) is 10.1 Å². The zero-order chi connectivity index (χ0) is 21.3. The van der Waals surface area contributed by atoms with Crippen LogP contribution in [0.3, 0.4) is 0 Å². The Labute approximate surface area is 174 Å². The molecule has 1 aliphatic heterocycles. The van der Waals surface area contributed by atoms with E-state index in [1.165, 1.54) is 12.1 Å². The van der Waals surface area contributed by atoms with E-state index < -0.39 is 11.0 Å². The first-order chi connectivity index (χ1) is 14.5.